The zero-order valence-corrected chi connectivity index (χ0v) is 47.3. The fourth-order valence-electron chi connectivity index (χ4n) is 13.5. The summed E-state index contributed by atoms with van der Waals surface area (Å²) in [6, 6.07) is 18.2. The molecule has 3 fully saturated rings. The third kappa shape index (κ3) is 9.86. The number of carbonyl (C=O) groups excluding carboxylic acids is 4. The van der Waals surface area contributed by atoms with Gasteiger partial charge in [-0.05, 0) is 91.5 Å². The lowest BCUT2D eigenvalue weighted by molar-refractivity contribution is -0.156. The number of piperazine rings is 1. The molecule has 4 aliphatic heterocycles. The van der Waals surface area contributed by atoms with Gasteiger partial charge in [0.2, 0.25) is 5.91 Å². The number of ether oxygens (including phenoxy) is 2. The Labute approximate surface area is 466 Å². The number of hydrazine groups is 1. The zero-order chi connectivity index (χ0) is 54.9. The van der Waals surface area contributed by atoms with Gasteiger partial charge in [0.05, 0.1) is 46.6 Å². The Morgan fingerprint density at radius 2 is 1.81 bits per heavy atom. The minimum atomic E-state index is -1.09. The van der Waals surface area contributed by atoms with Crippen LogP contribution in [0.2, 0.25) is 0 Å². The van der Waals surface area contributed by atoms with Crippen molar-refractivity contribution in [3.8, 4) is 22.5 Å². The predicted octanol–water partition coefficient (Wildman–Crippen LogP) is 8.29. The lowest BCUT2D eigenvalue weighted by Gasteiger charge is -2.43. The topological polar surface area (TPSA) is 171 Å². The number of amides is 4. The Bertz CT molecular complexity index is 3290. The van der Waals surface area contributed by atoms with Crippen molar-refractivity contribution in [1.29, 1.82) is 0 Å². The minimum absolute atomic E-state index is 0.0732. The van der Waals surface area contributed by atoms with Crippen molar-refractivity contribution < 1.29 is 28.7 Å². The van der Waals surface area contributed by atoms with Gasteiger partial charge in [-0.2, -0.15) is 0 Å². The molecule has 8 heterocycles. The summed E-state index contributed by atoms with van der Waals surface area (Å²) in [7, 11) is 3.42. The summed E-state index contributed by atoms with van der Waals surface area (Å²) >= 11 is 1.44. The number of pyridine rings is 2. The van der Waals surface area contributed by atoms with Gasteiger partial charge in [-0.15, -0.1) is 11.3 Å². The molecule has 18 heteroatoms. The van der Waals surface area contributed by atoms with E-state index in [1.54, 1.807) is 20.4 Å². The number of aromatic nitrogens is 4. The number of thiazole rings is 1. The van der Waals surface area contributed by atoms with E-state index in [9.17, 15) is 14.4 Å². The molecular weight excluding hydrogens is 1010 g/mol. The lowest BCUT2D eigenvalue weighted by atomic mass is 9.67. The Kier molecular flexibility index (Phi) is 14.3. The van der Waals surface area contributed by atoms with Gasteiger partial charge in [0.15, 0.2) is 0 Å². The van der Waals surface area contributed by atoms with Crippen LogP contribution in [0, 0.1) is 11.3 Å². The molecule has 6 aromatic rings. The van der Waals surface area contributed by atoms with Crippen molar-refractivity contribution in [2.45, 2.75) is 128 Å². The van der Waals surface area contributed by atoms with Crippen molar-refractivity contribution in [3.05, 3.63) is 118 Å². The second-order valence-corrected chi connectivity index (χ2v) is 24.5. The number of anilines is 1. The first kappa shape index (κ1) is 52.9. The molecule has 12 rings (SSSR count). The molecule has 1 unspecified atom stereocenters. The second kappa shape index (κ2) is 21.4. The van der Waals surface area contributed by atoms with Crippen LogP contribution in [0.1, 0.15) is 111 Å². The largest absolute Gasteiger partial charge is 0.464 e. The Balaban J connectivity index is 0.887. The molecule has 6 aliphatic rings. The Hall–Kier alpha value is -6.73. The number of cyclic esters (lactones) is 1. The van der Waals surface area contributed by atoms with Crippen LogP contribution < -0.4 is 15.6 Å². The highest BCUT2D eigenvalue weighted by molar-refractivity contribution is 7.10. The quantitative estimate of drug-likeness (QED) is 0.126. The molecule has 2 saturated heterocycles. The van der Waals surface area contributed by atoms with E-state index in [-0.39, 0.29) is 36.9 Å². The van der Waals surface area contributed by atoms with Crippen LogP contribution in [0.5, 0.6) is 0 Å². The second-order valence-electron chi connectivity index (χ2n) is 23.5. The lowest BCUT2D eigenvalue weighted by Crippen LogP contribution is -2.62. The van der Waals surface area contributed by atoms with E-state index in [1.807, 2.05) is 66.9 Å². The first-order valence-corrected chi connectivity index (χ1v) is 29.3. The molecule has 2 aromatic carbocycles. The molecule has 0 radical (unpaired) electrons. The maximum Gasteiger partial charge on any atom is 0.324 e. The van der Waals surface area contributed by atoms with Gasteiger partial charge in [-0.25, -0.2) is 15.2 Å². The van der Waals surface area contributed by atoms with Crippen LogP contribution in [0.3, 0.4) is 0 Å². The van der Waals surface area contributed by atoms with Gasteiger partial charge in [-0.3, -0.25) is 34.3 Å². The van der Waals surface area contributed by atoms with Gasteiger partial charge in [-0.1, -0.05) is 64.1 Å². The van der Waals surface area contributed by atoms with Crippen molar-refractivity contribution in [3.63, 3.8) is 0 Å². The highest BCUT2D eigenvalue weighted by atomic mass is 32.1. The maximum absolute atomic E-state index is 15.0. The van der Waals surface area contributed by atoms with Gasteiger partial charge in [0.1, 0.15) is 24.2 Å². The van der Waals surface area contributed by atoms with Crippen LogP contribution in [-0.2, 0) is 49.8 Å². The molecule has 1 saturated carbocycles. The third-order valence-electron chi connectivity index (χ3n) is 17.6. The first-order chi connectivity index (χ1) is 38.2. The highest BCUT2D eigenvalue weighted by Gasteiger charge is 2.49. The molecular formula is C61H73N11O6S. The van der Waals surface area contributed by atoms with Crippen molar-refractivity contribution >= 4 is 51.7 Å². The molecule has 79 heavy (non-hydrogen) atoms. The number of aryl methyl sites for hydroxylation is 1. The number of carbonyl (C=O) groups is 4. The van der Waals surface area contributed by atoms with E-state index in [4.69, 9.17) is 19.4 Å². The smallest absolute Gasteiger partial charge is 0.324 e. The van der Waals surface area contributed by atoms with Gasteiger partial charge >= 0.3 is 12.0 Å². The van der Waals surface area contributed by atoms with E-state index in [0.29, 0.717) is 43.9 Å². The van der Waals surface area contributed by atoms with Crippen LogP contribution in [0.25, 0.3) is 33.4 Å². The fourth-order valence-corrected chi connectivity index (χ4v) is 14.3. The highest BCUT2D eigenvalue weighted by Crippen LogP contribution is 2.57. The van der Waals surface area contributed by atoms with Gasteiger partial charge in [0, 0.05) is 124 Å². The summed E-state index contributed by atoms with van der Waals surface area (Å²) < 4.78 is 15.4. The summed E-state index contributed by atoms with van der Waals surface area (Å²) in [5.41, 5.74) is 13.7. The number of benzene rings is 2. The van der Waals surface area contributed by atoms with E-state index in [2.05, 4.69) is 81.2 Å². The average Bonchev–Trinajstić information content (AvgIpc) is 4.21. The molecule has 6 bridgehead atoms. The maximum atomic E-state index is 15.0. The van der Waals surface area contributed by atoms with E-state index in [0.717, 1.165) is 99.3 Å². The number of nitrogens with one attached hydrogen (secondary N) is 2. The van der Waals surface area contributed by atoms with Crippen molar-refractivity contribution in [1.82, 2.24) is 50.0 Å². The molecule has 4 amide bonds. The number of hydrogen-bond acceptors (Lipinski definition) is 13. The SMILES string of the molecule is CCn1c2c3c4cc(ccc41)-c1csc(n1)C[C@H](NC(=O)[C@H](C(C)C)N(C)C(=O)N1Cc4ccccc4[C@@H]1Cc1cccnc1)C(=O)N1CCC[C@H](N1)C(=O)OCC(C)(C)C3[C@H](OC)c1ncc(N3CCN(C4CC4)CC3)cc1-2. The summed E-state index contributed by atoms with van der Waals surface area (Å²) in [6.07, 6.45) is 9.35. The Morgan fingerprint density at radius 3 is 2.56 bits per heavy atom. The number of fused-ring (bicyclic) bond motifs is 9. The molecule has 2 N–H and O–H groups in total. The number of urea groups is 1. The zero-order valence-electron chi connectivity index (χ0n) is 46.5. The van der Waals surface area contributed by atoms with Crippen LogP contribution in [0.4, 0.5) is 10.5 Å². The first-order valence-electron chi connectivity index (χ1n) is 28.4. The number of rotatable bonds is 10. The Morgan fingerprint density at radius 1 is 1.00 bits per heavy atom. The normalized spacial score (nSPS) is 23.5. The van der Waals surface area contributed by atoms with E-state index >= 15 is 4.79 Å². The predicted molar refractivity (Wildman–Crippen MR) is 304 cm³/mol. The standard InChI is InChI=1S/C61H73N11O6S/c1-8-70-48-20-17-38-28-43(48)51-52(56(77-7)53-44(55(51)70)29-41(32-63-53)69-25-23-68(24-26-69)40-18-19-40)61(4,5)35-78-59(75)45-16-12-22-72(66-45)58(74)46(30-50-64-47(38)34-79-50)65-57(73)54(36(2)3)67(6)60(76)71-33-39-14-9-10-15-42(39)49(71)27-37-13-11-21-62-31-37/h9-11,13-15,17,20-21,28-29,31-32,34,36,40,45-46,49,52,54,56,66H,8,12,16,18-19,22-27,30,33,35H2,1-7H3,(H,65,73)/t45-,46-,49-,52?,54-,56-/m0/s1. The molecule has 6 atom stereocenters. The van der Waals surface area contributed by atoms with E-state index in [1.165, 1.54) is 34.1 Å². The third-order valence-corrected chi connectivity index (χ3v) is 18.5. The summed E-state index contributed by atoms with van der Waals surface area (Å²) in [5.74, 6) is -1.94. The minimum Gasteiger partial charge on any atom is -0.464 e. The van der Waals surface area contributed by atoms with Gasteiger partial charge in [0.25, 0.3) is 5.91 Å². The fraction of sp³-hybridized carbons (Fsp3) is 0.492. The number of hydrogen-bond donors (Lipinski definition) is 2. The summed E-state index contributed by atoms with van der Waals surface area (Å²) in [5, 5.41) is 8.32. The molecule has 4 aromatic heterocycles. The molecule has 2 aliphatic carbocycles. The van der Waals surface area contributed by atoms with E-state index < -0.39 is 47.4 Å². The molecule has 0 spiro atoms. The van der Waals surface area contributed by atoms with Crippen molar-refractivity contribution in [2.75, 3.05) is 58.4 Å². The number of methoxy groups -OCH3 is 1. The van der Waals surface area contributed by atoms with Crippen molar-refractivity contribution in [2.24, 2.45) is 11.3 Å². The average molecular weight is 1090 g/mol. The number of likely N-dealkylation sites (N-methyl/N-ethyl adjacent to an activating group) is 1. The van der Waals surface area contributed by atoms with Crippen LogP contribution in [-0.4, -0.2) is 141 Å². The number of esters is 1. The molecule has 414 valence electrons. The molecule has 17 nitrogen and oxygen atoms in total. The summed E-state index contributed by atoms with van der Waals surface area (Å²) in [4.78, 5) is 82.5. The van der Waals surface area contributed by atoms with Crippen LogP contribution >= 0.6 is 11.3 Å². The van der Waals surface area contributed by atoms with Crippen LogP contribution in [0.15, 0.2) is 84.6 Å². The monoisotopic (exact) mass is 1090 g/mol. The van der Waals surface area contributed by atoms with Gasteiger partial charge < -0.3 is 34.1 Å². The number of nitrogens with zero attached hydrogens (tertiary/aromatic N) is 9. The summed E-state index contributed by atoms with van der Waals surface area (Å²) in [6.45, 7) is 15.8.